The van der Waals surface area contributed by atoms with Crippen LogP contribution in [0.1, 0.15) is 18.5 Å². The predicted molar refractivity (Wildman–Crippen MR) is 83.9 cm³/mol. The van der Waals surface area contributed by atoms with Gasteiger partial charge in [0.25, 0.3) is 0 Å². The number of hydrogen-bond acceptors (Lipinski definition) is 3. The van der Waals surface area contributed by atoms with Crippen LogP contribution in [0, 0.1) is 6.92 Å². The normalized spacial score (nSPS) is 20.0. The highest BCUT2D eigenvalue weighted by Gasteiger charge is 2.27. The molecule has 114 valence electrons. The Morgan fingerprint density at radius 1 is 1.33 bits per heavy atom. The van der Waals surface area contributed by atoms with E-state index in [2.05, 4.69) is 10.0 Å². The van der Waals surface area contributed by atoms with E-state index in [4.69, 9.17) is 0 Å². The van der Waals surface area contributed by atoms with Crippen molar-refractivity contribution in [2.24, 2.45) is 7.05 Å². The van der Waals surface area contributed by atoms with Crippen molar-refractivity contribution < 1.29 is 8.42 Å². The van der Waals surface area contributed by atoms with E-state index in [0.717, 1.165) is 36.0 Å². The molecule has 2 heterocycles. The summed E-state index contributed by atoms with van der Waals surface area (Å²) in [6.07, 6.45) is 1.89. The Morgan fingerprint density at radius 2 is 2.10 bits per heavy atom. The number of sulfonamides is 1. The standard InChI is InChI=1S/C15H21N3O2S/c1-11-15(13-7-3-4-8-14(13)18(11)2)21(19,20)17-12-6-5-9-16-10-12/h3-4,7-8,12,16-17H,5-6,9-10H2,1-2H3/t12-/m0/s1. The molecule has 0 spiro atoms. The lowest BCUT2D eigenvalue weighted by atomic mass is 10.1. The first-order valence-electron chi connectivity index (χ1n) is 7.28. The van der Waals surface area contributed by atoms with Gasteiger partial charge in [-0.25, -0.2) is 13.1 Å². The molecule has 0 saturated carbocycles. The first-order valence-corrected chi connectivity index (χ1v) is 8.76. The molecule has 1 aliphatic heterocycles. The van der Waals surface area contributed by atoms with Crippen LogP contribution in [0.15, 0.2) is 29.2 Å². The number of para-hydroxylation sites is 1. The lowest BCUT2D eigenvalue weighted by Crippen LogP contribution is -2.45. The molecular weight excluding hydrogens is 286 g/mol. The maximum absolute atomic E-state index is 12.8. The van der Waals surface area contributed by atoms with Crippen LogP contribution in [0.25, 0.3) is 10.9 Å². The average molecular weight is 307 g/mol. The second-order valence-corrected chi connectivity index (χ2v) is 7.31. The van der Waals surface area contributed by atoms with Gasteiger partial charge in [0.05, 0.1) is 0 Å². The summed E-state index contributed by atoms with van der Waals surface area (Å²) in [4.78, 5) is 0.408. The molecule has 1 aromatic heterocycles. The van der Waals surface area contributed by atoms with Crippen molar-refractivity contribution in [3.05, 3.63) is 30.0 Å². The number of nitrogens with one attached hydrogen (secondary N) is 2. The van der Waals surface area contributed by atoms with Gasteiger partial charge in [0.15, 0.2) is 0 Å². The van der Waals surface area contributed by atoms with Crippen LogP contribution in [0.4, 0.5) is 0 Å². The molecule has 1 fully saturated rings. The summed E-state index contributed by atoms with van der Waals surface area (Å²) in [6, 6.07) is 7.60. The molecule has 1 aliphatic rings. The Labute approximate surface area is 125 Å². The third-order valence-corrected chi connectivity index (χ3v) is 5.93. The average Bonchev–Trinajstić information content (AvgIpc) is 2.72. The molecule has 2 N–H and O–H groups in total. The van der Waals surface area contributed by atoms with Gasteiger partial charge in [-0.1, -0.05) is 18.2 Å². The number of rotatable bonds is 3. The summed E-state index contributed by atoms with van der Waals surface area (Å²) in [5.41, 5.74) is 1.71. The maximum Gasteiger partial charge on any atom is 0.243 e. The monoisotopic (exact) mass is 307 g/mol. The van der Waals surface area contributed by atoms with E-state index in [1.165, 1.54) is 0 Å². The SMILES string of the molecule is Cc1c(S(=O)(=O)N[C@H]2CCCNC2)c2ccccc2n1C. The van der Waals surface area contributed by atoms with Gasteiger partial charge in [-0.15, -0.1) is 0 Å². The van der Waals surface area contributed by atoms with Crippen LogP contribution in [0.5, 0.6) is 0 Å². The van der Waals surface area contributed by atoms with Crippen molar-refractivity contribution in [2.45, 2.75) is 30.7 Å². The number of fused-ring (bicyclic) bond motifs is 1. The molecule has 6 heteroatoms. The van der Waals surface area contributed by atoms with E-state index in [0.29, 0.717) is 11.4 Å². The highest BCUT2D eigenvalue weighted by molar-refractivity contribution is 7.89. The molecule has 3 rings (SSSR count). The van der Waals surface area contributed by atoms with Crippen LogP contribution in [0.3, 0.4) is 0 Å². The Morgan fingerprint density at radius 3 is 2.81 bits per heavy atom. The van der Waals surface area contributed by atoms with E-state index in [9.17, 15) is 8.42 Å². The van der Waals surface area contributed by atoms with Gasteiger partial charge < -0.3 is 9.88 Å². The Kier molecular flexibility index (Phi) is 3.77. The molecule has 0 aliphatic carbocycles. The fourth-order valence-corrected chi connectivity index (χ4v) is 4.80. The fraction of sp³-hybridized carbons (Fsp3) is 0.467. The lowest BCUT2D eigenvalue weighted by Gasteiger charge is -2.23. The number of benzene rings is 1. The molecule has 21 heavy (non-hydrogen) atoms. The summed E-state index contributed by atoms with van der Waals surface area (Å²) >= 11 is 0. The number of piperidine rings is 1. The second kappa shape index (κ2) is 5.44. The van der Waals surface area contributed by atoms with Crippen molar-refractivity contribution in [1.82, 2.24) is 14.6 Å². The molecule has 0 unspecified atom stereocenters. The number of hydrogen-bond donors (Lipinski definition) is 2. The van der Waals surface area contributed by atoms with Gasteiger partial charge >= 0.3 is 0 Å². The van der Waals surface area contributed by atoms with Crippen LogP contribution in [-0.2, 0) is 17.1 Å². The number of nitrogens with zero attached hydrogens (tertiary/aromatic N) is 1. The van der Waals surface area contributed by atoms with Crippen molar-refractivity contribution in [3.8, 4) is 0 Å². The maximum atomic E-state index is 12.8. The Hall–Kier alpha value is -1.37. The third-order valence-electron chi connectivity index (χ3n) is 4.23. The largest absolute Gasteiger partial charge is 0.347 e. The van der Waals surface area contributed by atoms with Gasteiger partial charge in [-0.3, -0.25) is 0 Å². The minimum Gasteiger partial charge on any atom is -0.347 e. The van der Waals surface area contributed by atoms with Gasteiger partial charge in [0.1, 0.15) is 4.90 Å². The molecule has 1 atom stereocenters. The van der Waals surface area contributed by atoms with E-state index < -0.39 is 10.0 Å². The van der Waals surface area contributed by atoms with Gasteiger partial charge in [-0.05, 0) is 32.4 Å². The molecule has 1 saturated heterocycles. The topological polar surface area (TPSA) is 63.1 Å². The quantitative estimate of drug-likeness (QED) is 0.903. The first kappa shape index (κ1) is 14.6. The Balaban J connectivity index is 2.04. The number of aryl methyl sites for hydroxylation is 1. The van der Waals surface area contributed by atoms with E-state index in [-0.39, 0.29) is 6.04 Å². The molecule has 0 radical (unpaired) electrons. The summed E-state index contributed by atoms with van der Waals surface area (Å²) < 4.78 is 30.4. The van der Waals surface area contributed by atoms with Crippen molar-refractivity contribution in [3.63, 3.8) is 0 Å². The zero-order valence-electron chi connectivity index (χ0n) is 12.4. The van der Waals surface area contributed by atoms with E-state index in [1.807, 2.05) is 42.8 Å². The molecule has 0 bridgehead atoms. The predicted octanol–water partition coefficient (Wildman–Crippen LogP) is 1.52. The van der Waals surface area contributed by atoms with Crippen LogP contribution >= 0.6 is 0 Å². The van der Waals surface area contributed by atoms with Crippen LogP contribution in [-0.4, -0.2) is 32.1 Å². The van der Waals surface area contributed by atoms with Crippen molar-refractivity contribution in [1.29, 1.82) is 0 Å². The number of aromatic nitrogens is 1. The van der Waals surface area contributed by atoms with Crippen LogP contribution < -0.4 is 10.0 Å². The highest BCUT2D eigenvalue weighted by atomic mass is 32.2. The van der Waals surface area contributed by atoms with Crippen LogP contribution in [0.2, 0.25) is 0 Å². The van der Waals surface area contributed by atoms with Crippen molar-refractivity contribution in [2.75, 3.05) is 13.1 Å². The van der Waals surface area contributed by atoms with Gasteiger partial charge in [0, 0.05) is 36.2 Å². The van der Waals surface area contributed by atoms with Crippen molar-refractivity contribution >= 4 is 20.9 Å². The molecule has 5 nitrogen and oxygen atoms in total. The van der Waals surface area contributed by atoms with E-state index >= 15 is 0 Å². The van der Waals surface area contributed by atoms with Gasteiger partial charge in [-0.2, -0.15) is 0 Å². The zero-order valence-corrected chi connectivity index (χ0v) is 13.2. The zero-order chi connectivity index (χ0) is 15.0. The summed E-state index contributed by atoms with van der Waals surface area (Å²) in [6.45, 7) is 3.52. The minimum absolute atomic E-state index is 0.0258. The summed E-state index contributed by atoms with van der Waals surface area (Å²) in [5, 5.41) is 4.02. The van der Waals surface area contributed by atoms with E-state index in [1.54, 1.807) is 0 Å². The smallest absolute Gasteiger partial charge is 0.243 e. The Bertz CT molecular complexity index is 759. The third kappa shape index (κ3) is 2.59. The molecule has 1 aromatic carbocycles. The summed E-state index contributed by atoms with van der Waals surface area (Å²) in [7, 11) is -1.61. The fourth-order valence-electron chi connectivity index (χ4n) is 3.06. The molecule has 0 amide bonds. The lowest BCUT2D eigenvalue weighted by molar-refractivity contribution is 0.428. The highest BCUT2D eigenvalue weighted by Crippen LogP contribution is 2.29. The minimum atomic E-state index is -3.51. The van der Waals surface area contributed by atoms with Gasteiger partial charge in [0.2, 0.25) is 10.0 Å². The molecular formula is C15H21N3O2S. The first-order chi connectivity index (χ1) is 10.0. The molecule has 2 aromatic rings. The summed E-state index contributed by atoms with van der Waals surface area (Å²) in [5.74, 6) is 0. The second-order valence-electron chi connectivity index (χ2n) is 5.66.